The Morgan fingerprint density at radius 2 is 2.20 bits per heavy atom. The molecule has 0 bridgehead atoms. The average molecular weight is 268 g/mol. The van der Waals surface area contributed by atoms with Crippen molar-refractivity contribution in [3.63, 3.8) is 0 Å². The topological polar surface area (TPSA) is 72.8 Å². The number of H-pyrrole nitrogens is 1. The highest BCUT2D eigenvalue weighted by molar-refractivity contribution is 5.95. The molecule has 0 saturated heterocycles. The first-order chi connectivity index (χ1) is 9.67. The molecule has 0 fully saturated rings. The van der Waals surface area contributed by atoms with Gasteiger partial charge in [0.1, 0.15) is 0 Å². The lowest BCUT2D eigenvalue weighted by atomic mass is 10.1. The molecule has 5 nitrogen and oxygen atoms in total. The lowest BCUT2D eigenvalue weighted by Gasteiger charge is -2.21. The van der Waals surface area contributed by atoms with E-state index in [0.29, 0.717) is 24.2 Å². The van der Waals surface area contributed by atoms with Crippen LogP contribution in [0.1, 0.15) is 34.1 Å². The Morgan fingerprint density at radius 1 is 1.45 bits per heavy atom. The minimum absolute atomic E-state index is 0.0773. The number of carbonyl (C=O) groups excluding carboxylic acids is 1. The zero-order chi connectivity index (χ0) is 14.5. The monoisotopic (exact) mass is 268 g/mol. The highest BCUT2D eigenvalue weighted by Gasteiger charge is 2.18. The van der Waals surface area contributed by atoms with Crippen molar-refractivity contribution in [1.29, 1.82) is 5.26 Å². The maximum atomic E-state index is 12.4. The van der Waals surface area contributed by atoms with Crippen LogP contribution in [0.4, 0.5) is 0 Å². The van der Waals surface area contributed by atoms with Crippen LogP contribution in [0.5, 0.6) is 0 Å². The first-order valence-corrected chi connectivity index (χ1v) is 6.44. The summed E-state index contributed by atoms with van der Waals surface area (Å²) in [5.41, 5.74) is 2.78. The fourth-order valence-electron chi connectivity index (χ4n) is 2.04. The fourth-order valence-corrected chi connectivity index (χ4v) is 2.04. The standard InChI is InChI=1S/C15H16N4O/c1-3-19(15(20)14-9-17-18-11(14)2)10-13-7-5-4-6-12(13)8-16/h4-7,9H,3,10H2,1-2H3,(H,17,18). The zero-order valence-corrected chi connectivity index (χ0v) is 11.6. The summed E-state index contributed by atoms with van der Waals surface area (Å²) in [4.78, 5) is 14.1. The number of rotatable bonds is 4. The first-order valence-electron chi connectivity index (χ1n) is 6.44. The average Bonchev–Trinajstić information content (AvgIpc) is 2.90. The van der Waals surface area contributed by atoms with Gasteiger partial charge < -0.3 is 4.90 Å². The van der Waals surface area contributed by atoms with Gasteiger partial charge in [-0.05, 0) is 25.5 Å². The summed E-state index contributed by atoms with van der Waals surface area (Å²) in [6.45, 7) is 4.73. The lowest BCUT2D eigenvalue weighted by molar-refractivity contribution is 0.0752. The number of hydrogen-bond acceptors (Lipinski definition) is 3. The summed E-state index contributed by atoms with van der Waals surface area (Å²) < 4.78 is 0. The number of nitriles is 1. The van der Waals surface area contributed by atoms with E-state index in [9.17, 15) is 4.79 Å². The number of carbonyl (C=O) groups is 1. The van der Waals surface area contributed by atoms with Gasteiger partial charge in [0.05, 0.1) is 23.4 Å². The molecular formula is C15H16N4O. The predicted molar refractivity (Wildman–Crippen MR) is 74.9 cm³/mol. The quantitative estimate of drug-likeness (QED) is 0.924. The third-order valence-corrected chi connectivity index (χ3v) is 3.23. The van der Waals surface area contributed by atoms with Crippen LogP contribution in [-0.2, 0) is 6.54 Å². The minimum atomic E-state index is -0.0773. The molecule has 0 unspecified atom stereocenters. The third-order valence-electron chi connectivity index (χ3n) is 3.23. The van der Waals surface area contributed by atoms with Crippen LogP contribution in [0, 0.1) is 18.3 Å². The fraction of sp³-hybridized carbons (Fsp3) is 0.267. The maximum absolute atomic E-state index is 12.4. The van der Waals surface area contributed by atoms with Gasteiger partial charge in [0.2, 0.25) is 0 Å². The summed E-state index contributed by atoms with van der Waals surface area (Å²) in [5.74, 6) is -0.0773. The van der Waals surface area contributed by atoms with E-state index in [1.807, 2.05) is 32.0 Å². The number of nitrogens with zero attached hydrogens (tertiary/aromatic N) is 3. The van der Waals surface area contributed by atoms with Crippen molar-refractivity contribution in [1.82, 2.24) is 15.1 Å². The van der Waals surface area contributed by atoms with Crippen molar-refractivity contribution >= 4 is 5.91 Å². The van der Waals surface area contributed by atoms with E-state index < -0.39 is 0 Å². The van der Waals surface area contributed by atoms with Crippen molar-refractivity contribution < 1.29 is 4.79 Å². The van der Waals surface area contributed by atoms with E-state index >= 15 is 0 Å². The van der Waals surface area contributed by atoms with E-state index in [0.717, 1.165) is 11.3 Å². The number of hydrogen-bond donors (Lipinski definition) is 1. The molecule has 0 aliphatic carbocycles. The molecule has 1 N–H and O–H groups in total. The van der Waals surface area contributed by atoms with Crippen LogP contribution in [0.3, 0.4) is 0 Å². The molecule has 0 saturated carbocycles. The van der Waals surface area contributed by atoms with Gasteiger partial charge in [0.25, 0.3) is 5.91 Å². The second-order valence-corrected chi connectivity index (χ2v) is 4.50. The summed E-state index contributed by atoms with van der Waals surface area (Å²) in [5, 5.41) is 15.7. The van der Waals surface area contributed by atoms with Gasteiger partial charge in [0, 0.05) is 18.8 Å². The molecule has 0 atom stereocenters. The Hall–Kier alpha value is -2.61. The summed E-state index contributed by atoms with van der Waals surface area (Å²) >= 11 is 0. The molecule has 0 radical (unpaired) electrons. The first kappa shape index (κ1) is 13.8. The zero-order valence-electron chi connectivity index (χ0n) is 11.6. The Bertz CT molecular complexity index is 654. The summed E-state index contributed by atoms with van der Waals surface area (Å²) in [6, 6.07) is 9.48. The molecule has 1 aromatic heterocycles. The molecule has 102 valence electrons. The van der Waals surface area contributed by atoms with E-state index in [1.54, 1.807) is 11.0 Å². The second kappa shape index (κ2) is 6.02. The molecule has 1 heterocycles. The van der Waals surface area contributed by atoms with Crippen LogP contribution in [0.25, 0.3) is 0 Å². The van der Waals surface area contributed by atoms with Gasteiger partial charge in [-0.3, -0.25) is 9.89 Å². The number of nitrogens with one attached hydrogen (secondary N) is 1. The number of aryl methyl sites for hydroxylation is 1. The van der Waals surface area contributed by atoms with E-state index in [1.165, 1.54) is 6.20 Å². The highest BCUT2D eigenvalue weighted by atomic mass is 16.2. The van der Waals surface area contributed by atoms with Crippen LogP contribution in [0.2, 0.25) is 0 Å². The summed E-state index contributed by atoms with van der Waals surface area (Å²) in [7, 11) is 0. The van der Waals surface area contributed by atoms with Crippen molar-refractivity contribution in [3.8, 4) is 6.07 Å². The lowest BCUT2D eigenvalue weighted by Crippen LogP contribution is -2.30. The van der Waals surface area contributed by atoms with Gasteiger partial charge >= 0.3 is 0 Å². The van der Waals surface area contributed by atoms with Gasteiger partial charge in [-0.15, -0.1) is 0 Å². The molecule has 2 rings (SSSR count). The van der Waals surface area contributed by atoms with Crippen LogP contribution >= 0.6 is 0 Å². The molecule has 5 heteroatoms. The number of amides is 1. The molecular weight excluding hydrogens is 252 g/mol. The molecule has 1 aromatic carbocycles. The molecule has 1 amide bonds. The predicted octanol–water partition coefficient (Wildman–Crippen LogP) is 2.25. The smallest absolute Gasteiger partial charge is 0.257 e. The highest BCUT2D eigenvalue weighted by Crippen LogP contribution is 2.14. The summed E-state index contributed by atoms with van der Waals surface area (Å²) in [6.07, 6.45) is 1.54. The van der Waals surface area contributed by atoms with Crippen LogP contribution in [0.15, 0.2) is 30.5 Å². The molecule has 0 spiro atoms. The Balaban J connectivity index is 2.24. The van der Waals surface area contributed by atoms with E-state index in [-0.39, 0.29) is 5.91 Å². The molecule has 20 heavy (non-hydrogen) atoms. The van der Waals surface area contributed by atoms with Crippen LogP contribution < -0.4 is 0 Å². The van der Waals surface area contributed by atoms with Crippen LogP contribution in [-0.4, -0.2) is 27.5 Å². The van der Waals surface area contributed by atoms with Gasteiger partial charge in [-0.25, -0.2) is 0 Å². The Kier molecular flexibility index (Phi) is 4.16. The van der Waals surface area contributed by atoms with E-state index in [2.05, 4.69) is 16.3 Å². The second-order valence-electron chi connectivity index (χ2n) is 4.50. The van der Waals surface area contributed by atoms with Crippen molar-refractivity contribution in [3.05, 3.63) is 52.8 Å². The van der Waals surface area contributed by atoms with Crippen molar-refractivity contribution in [2.24, 2.45) is 0 Å². The Morgan fingerprint density at radius 3 is 2.80 bits per heavy atom. The number of aromatic nitrogens is 2. The normalized spacial score (nSPS) is 10.1. The van der Waals surface area contributed by atoms with Crippen molar-refractivity contribution in [2.75, 3.05) is 6.54 Å². The van der Waals surface area contributed by atoms with E-state index in [4.69, 9.17) is 5.26 Å². The third kappa shape index (κ3) is 2.69. The van der Waals surface area contributed by atoms with Gasteiger partial charge in [-0.1, -0.05) is 18.2 Å². The van der Waals surface area contributed by atoms with Crippen molar-refractivity contribution in [2.45, 2.75) is 20.4 Å². The van der Waals surface area contributed by atoms with Gasteiger partial charge in [0.15, 0.2) is 0 Å². The minimum Gasteiger partial charge on any atom is -0.334 e. The maximum Gasteiger partial charge on any atom is 0.257 e. The number of aromatic amines is 1. The SMILES string of the molecule is CCN(Cc1ccccc1C#N)C(=O)c1cn[nH]c1C. The largest absolute Gasteiger partial charge is 0.334 e. The Labute approximate surface area is 117 Å². The molecule has 0 aliphatic rings. The van der Waals surface area contributed by atoms with Gasteiger partial charge in [-0.2, -0.15) is 10.4 Å². The molecule has 0 aliphatic heterocycles. The molecule has 2 aromatic rings. The number of benzene rings is 1.